The second-order valence-electron chi connectivity index (χ2n) is 3.96. The summed E-state index contributed by atoms with van der Waals surface area (Å²) in [5.41, 5.74) is 1.49. The number of hydrogen-bond donors (Lipinski definition) is 1. The summed E-state index contributed by atoms with van der Waals surface area (Å²) in [5.74, 6) is -0.196. The molecule has 0 aliphatic heterocycles. The third-order valence-electron chi connectivity index (χ3n) is 2.66. The quantitative estimate of drug-likeness (QED) is 0.921. The molecule has 2 aromatic rings. The van der Waals surface area contributed by atoms with Gasteiger partial charge in [0.05, 0.1) is 16.6 Å². The first-order valence-electron chi connectivity index (χ1n) is 5.64. The predicted octanol–water partition coefficient (Wildman–Crippen LogP) is 3.23. The van der Waals surface area contributed by atoms with Gasteiger partial charge in [-0.3, -0.25) is 9.78 Å². The lowest BCUT2D eigenvalue weighted by Crippen LogP contribution is -2.26. The fourth-order valence-electron chi connectivity index (χ4n) is 1.66. The summed E-state index contributed by atoms with van der Waals surface area (Å²) in [7, 11) is 0. The lowest BCUT2D eigenvalue weighted by atomic mass is 10.1. The summed E-state index contributed by atoms with van der Waals surface area (Å²) >= 11 is 5.93. The molecule has 0 unspecified atom stereocenters. The van der Waals surface area contributed by atoms with Crippen molar-refractivity contribution >= 4 is 17.5 Å². The predicted molar refractivity (Wildman–Crippen MR) is 71.6 cm³/mol. The van der Waals surface area contributed by atoms with Crippen LogP contribution in [-0.2, 0) is 0 Å². The molecule has 0 aliphatic rings. The Bertz CT molecular complexity index is 543. The molecule has 0 spiro atoms. The van der Waals surface area contributed by atoms with Crippen molar-refractivity contribution in [1.82, 2.24) is 10.3 Å². The zero-order valence-corrected chi connectivity index (χ0v) is 10.7. The molecule has 1 heterocycles. The van der Waals surface area contributed by atoms with E-state index in [9.17, 15) is 4.79 Å². The summed E-state index contributed by atoms with van der Waals surface area (Å²) < 4.78 is 0. The minimum atomic E-state index is -0.196. The summed E-state index contributed by atoms with van der Waals surface area (Å²) in [6.45, 7) is 1.93. The van der Waals surface area contributed by atoms with Crippen LogP contribution in [0, 0.1) is 0 Å². The van der Waals surface area contributed by atoms with Gasteiger partial charge in [0.2, 0.25) is 0 Å². The monoisotopic (exact) mass is 260 g/mol. The van der Waals surface area contributed by atoms with Gasteiger partial charge in [-0.15, -0.1) is 0 Å². The Morgan fingerprint density at radius 1 is 1.28 bits per heavy atom. The highest BCUT2D eigenvalue weighted by atomic mass is 35.5. The van der Waals surface area contributed by atoms with Crippen LogP contribution in [0.2, 0.25) is 5.02 Å². The topological polar surface area (TPSA) is 42.0 Å². The molecule has 2 rings (SSSR count). The van der Waals surface area contributed by atoms with Gasteiger partial charge in [0.25, 0.3) is 5.91 Å². The van der Waals surface area contributed by atoms with Crippen LogP contribution in [-0.4, -0.2) is 10.9 Å². The maximum atomic E-state index is 12.0. The van der Waals surface area contributed by atoms with Gasteiger partial charge in [0.1, 0.15) is 0 Å². The number of nitrogens with one attached hydrogen (secondary N) is 1. The van der Waals surface area contributed by atoms with Crippen LogP contribution in [0.3, 0.4) is 0 Å². The van der Waals surface area contributed by atoms with Crippen molar-refractivity contribution < 1.29 is 4.79 Å². The zero-order chi connectivity index (χ0) is 13.0. The third kappa shape index (κ3) is 2.87. The fraction of sp³-hybridized carbons (Fsp3) is 0.143. The molecular weight excluding hydrogens is 248 g/mol. The van der Waals surface area contributed by atoms with E-state index < -0.39 is 0 Å². The molecule has 1 amide bonds. The molecule has 0 radical (unpaired) electrons. The second-order valence-corrected chi connectivity index (χ2v) is 4.37. The van der Waals surface area contributed by atoms with Gasteiger partial charge in [-0.2, -0.15) is 0 Å². The highest BCUT2D eigenvalue weighted by Gasteiger charge is 2.13. The Hall–Kier alpha value is -1.87. The molecule has 1 atom stereocenters. The van der Waals surface area contributed by atoms with E-state index in [2.05, 4.69) is 10.3 Å². The number of aromatic nitrogens is 1. The summed E-state index contributed by atoms with van der Waals surface area (Å²) in [6, 6.07) is 11.3. The number of halogens is 1. The first-order chi connectivity index (χ1) is 8.68. The van der Waals surface area contributed by atoms with Crippen molar-refractivity contribution in [2.45, 2.75) is 13.0 Å². The summed E-state index contributed by atoms with van der Waals surface area (Å²) in [5, 5.41) is 3.26. The Balaban J connectivity index is 2.11. The number of carbonyl (C=O) groups is 1. The molecule has 0 saturated heterocycles. The SMILES string of the molecule is C[C@H](NC(=O)c1ccncc1Cl)c1ccccc1. The zero-order valence-electron chi connectivity index (χ0n) is 9.93. The van der Waals surface area contributed by atoms with Crippen LogP contribution in [0.1, 0.15) is 28.9 Å². The van der Waals surface area contributed by atoms with E-state index in [1.54, 1.807) is 12.3 Å². The van der Waals surface area contributed by atoms with Crippen molar-refractivity contribution in [1.29, 1.82) is 0 Å². The van der Waals surface area contributed by atoms with Crippen LogP contribution >= 0.6 is 11.6 Å². The molecule has 0 saturated carbocycles. The molecule has 0 aliphatic carbocycles. The minimum absolute atomic E-state index is 0.0667. The molecular formula is C14H13ClN2O. The van der Waals surface area contributed by atoms with Crippen molar-refractivity contribution in [3.05, 3.63) is 64.9 Å². The van der Waals surface area contributed by atoms with E-state index in [-0.39, 0.29) is 11.9 Å². The summed E-state index contributed by atoms with van der Waals surface area (Å²) in [4.78, 5) is 15.9. The number of benzene rings is 1. The Kier molecular flexibility index (Phi) is 3.95. The Labute approximate surface area is 111 Å². The third-order valence-corrected chi connectivity index (χ3v) is 2.97. The highest BCUT2D eigenvalue weighted by Crippen LogP contribution is 2.16. The maximum absolute atomic E-state index is 12.0. The molecule has 1 N–H and O–H groups in total. The highest BCUT2D eigenvalue weighted by molar-refractivity contribution is 6.33. The van der Waals surface area contributed by atoms with Crippen molar-refractivity contribution in [2.24, 2.45) is 0 Å². The standard InChI is InChI=1S/C14H13ClN2O/c1-10(11-5-3-2-4-6-11)17-14(18)12-7-8-16-9-13(12)15/h2-10H,1H3,(H,17,18)/t10-/m0/s1. The summed E-state index contributed by atoms with van der Waals surface area (Å²) in [6.07, 6.45) is 3.01. The second kappa shape index (κ2) is 5.65. The van der Waals surface area contributed by atoms with Crippen LogP contribution in [0.5, 0.6) is 0 Å². The normalized spacial score (nSPS) is 11.9. The average molecular weight is 261 g/mol. The average Bonchev–Trinajstić information content (AvgIpc) is 2.40. The number of amides is 1. The van der Waals surface area contributed by atoms with Gasteiger partial charge in [-0.25, -0.2) is 0 Å². The van der Waals surface area contributed by atoms with E-state index in [4.69, 9.17) is 11.6 Å². The molecule has 4 heteroatoms. The smallest absolute Gasteiger partial charge is 0.253 e. The molecule has 3 nitrogen and oxygen atoms in total. The van der Waals surface area contributed by atoms with Crippen molar-refractivity contribution in [3.63, 3.8) is 0 Å². The van der Waals surface area contributed by atoms with E-state index in [0.717, 1.165) is 5.56 Å². The first-order valence-corrected chi connectivity index (χ1v) is 6.01. The number of hydrogen-bond acceptors (Lipinski definition) is 2. The van der Waals surface area contributed by atoms with E-state index >= 15 is 0 Å². The Morgan fingerprint density at radius 2 is 2.00 bits per heavy atom. The number of carbonyl (C=O) groups excluding carboxylic acids is 1. The van der Waals surface area contributed by atoms with Crippen LogP contribution in [0.15, 0.2) is 48.8 Å². The van der Waals surface area contributed by atoms with Gasteiger partial charge >= 0.3 is 0 Å². The largest absolute Gasteiger partial charge is 0.345 e. The minimum Gasteiger partial charge on any atom is -0.345 e. The van der Waals surface area contributed by atoms with Crippen LogP contribution in [0.4, 0.5) is 0 Å². The number of pyridine rings is 1. The lowest BCUT2D eigenvalue weighted by Gasteiger charge is -2.14. The molecule has 92 valence electrons. The number of rotatable bonds is 3. The molecule has 0 bridgehead atoms. The number of nitrogens with zero attached hydrogens (tertiary/aromatic N) is 1. The van der Waals surface area contributed by atoms with Gasteiger partial charge in [-0.05, 0) is 18.6 Å². The van der Waals surface area contributed by atoms with Gasteiger partial charge in [0, 0.05) is 12.4 Å². The lowest BCUT2D eigenvalue weighted by molar-refractivity contribution is 0.0940. The molecule has 0 fully saturated rings. The fourth-order valence-corrected chi connectivity index (χ4v) is 1.86. The van der Waals surface area contributed by atoms with Crippen molar-refractivity contribution in [3.8, 4) is 0 Å². The molecule has 1 aromatic carbocycles. The molecule has 1 aromatic heterocycles. The van der Waals surface area contributed by atoms with E-state index in [0.29, 0.717) is 10.6 Å². The van der Waals surface area contributed by atoms with Crippen molar-refractivity contribution in [2.75, 3.05) is 0 Å². The van der Waals surface area contributed by atoms with E-state index in [1.807, 2.05) is 37.3 Å². The van der Waals surface area contributed by atoms with Crippen LogP contribution < -0.4 is 5.32 Å². The Morgan fingerprint density at radius 3 is 2.67 bits per heavy atom. The van der Waals surface area contributed by atoms with Gasteiger partial charge in [-0.1, -0.05) is 41.9 Å². The van der Waals surface area contributed by atoms with E-state index in [1.165, 1.54) is 6.20 Å². The van der Waals surface area contributed by atoms with Gasteiger partial charge < -0.3 is 5.32 Å². The first kappa shape index (κ1) is 12.6. The molecule has 18 heavy (non-hydrogen) atoms. The maximum Gasteiger partial charge on any atom is 0.253 e. The van der Waals surface area contributed by atoms with Crippen LogP contribution in [0.25, 0.3) is 0 Å². The van der Waals surface area contributed by atoms with Gasteiger partial charge in [0.15, 0.2) is 0 Å².